The van der Waals surface area contributed by atoms with Crippen LogP contribution in [0.25, 0.3) is 0 Å². The Morgan fingerprint density at radius 1 is 0.933 bits per heavy atom. The maximum absolute atomic E-state index is 5.59. The van der Waals surface area contributed by atoms with E-state index in [1.165, 1.54) is 5.56 Å². The maximum atomic E-state index is 5.59. The second-order valence-electron chi connectivity index (χ2n) is 3.32. The summed E-state index contributed by atoms with van der Waals surface area (Å²) in [6.07, 6.45) is 0.944. The molecule has 1 radical (unpaired) electrons. The highest BCUT2D eigenvalue weighted by atomic mass is 16.5. The van der Waals surface area contributed by atoms with Crippen molar-refractivity contribution >= 4 is 0 Å². The number of ether oxygens (including phenoxy) is 1. The maximum Gasteiger partial charge on any atom is 0.119 e. The average Bonchev–Trinajstić information content (AvgIpc) is 2.32. The van der Waals surface area contributed by atoms with Crippen LogP contribution >= 0.6 is 0 Å². The Morgan fingerprint density at radius 3 is 2.40 bits per heavy atom. The summed E-state index contributed by atoms with van der Waals surface area (Å²) in [6.45, 7) is 0.716. The van der Waals surface area contributed by atoms with E-state index in [0.29, 0.717) is 6.61 Å². The first kappa shape index (κ1) is 9.78. The van der Waals surface area contributed by atoms with Crippen LogP contribution < -0.4 is 4.74 Å². The Hall–Kier alpha value is -1.76. The molecule has 2 aromatic carbocycles. The fraction of sp³-hybridized carbons (Fsp3) is 0.143. The van der Waals surface area contributed by atoms with Crippen LogP contribution in [0.1, 0.15) is 5.56 Å². The molecule has 2 aromatic rings. The van der Waals surface area contributed by atoms with Crippen molar-refractivity contribution < 1.29 is 4.74 Å². The van der Waals surface area contributed by atoms with Gasteiger partial charge in [-0.2, -0.15) is 0 Å². The fourth-order valence-electron chi connectivity index (χ4n) is 1.40. The molecule has 1 heteroatoms. The molecule has 0 N–H and O–H groups in total. The lowest BCUT2D eigenvalue weighted by Gasteiger charge is -2.05. The average molecular weight is 197 g/mol. The standard InChI is InChI=1S/C14H13O/c1-3-7-13(8-4-1)11-12-15-14-9-5-2-6-10-14/h1,3-10H,11-12H2. The van der Waals surface area contributed by atoms with Gasteiger partial charge >= 0.3 is 0 Å². The van der Waals surface area contributed by atoms with Gasteiger partial charge in [0, 0.05) is 6.42 Å². The van der Waals surface area contributed by atoms with E-state index in [-0.39, 0.29) is 0 Å². The van der Waals surface area contributed by atoms with Crippen LogP contribution in [0.15, 0.2) is 54.6 Å². The van der Waals surface area contributed by atoms with Crippen LogP contribution in [0.4, 0.5) is 0 Å². The molecule has 75 valence electrons. The molecule has 0 fully saturated rings. The van der Waals surface area contributed by atoms with Crippen LogP contribution in [-0.4, -0.2) is 6.61 Å². The summed E-state index contributed by atoms with van der Waals surface area (Å²) in [5.74, 6) is 0.907. The van der Waals surface area contributed by atoms with E-state index in [9.17, 15) is 0 Å². The summed E-state index contributed by atoms with van der Waals surface area (Å²) in [4.78, 5) is 0. The highest BCUT2D eigenvalue weighted by molar-refractivity contribution is 5.20. The molecule has 0 atom stereocenters. The molecule has 0 heterocycles. The number of hydrogen-bond donors (Lipinski definition) is 0. The normalized spacial score (nSPS) is 9.87. The number of rotatable bonds is 4. The SMILES string of the molecule is [c]1ccc(OCCc2ccccc2)cc1. The Morgan fingerprint density at radius 2 is 1.67 bits per heavy atom. The third-order valence-corrected chi connectivity index (χ3v) is 2.19. The molecule has 15 heavy (non-hydrogen) atoms. The zero-order valence-corrected chi connectivity index (χ0v) is 8.52. The van der Waals surface area contributed by atoms with Crippen molar-refractivity contribution in [2.45, 2.75) is 6.42 Å². The van der Waals surface area contributed by atoms with E-state index in [1.807, 2.05) is 42.5 Å². The molecule has 0 aliphatic heterocycles. The van der Waals surface area contributed by atoms with Gasteiger partial charge in [0.1, 0.15) is 5.75 Å². The van der Waals surface area contributed by atoms with Crippen LogP contribution in [0.5, 0.6) is 5.75 Å². The van der Waals surface area contributed by atoms with Crippen LogP contribution in [-0.2, 0) is 6.42 Å². The zero-order chi connectivity index (χ0) is 10.3. The summed E-state index contributed by atoms with van der Waals surface area (Å²) < 4.78 is 5.59. The summed E-state index contributed by atoms with van der Waals surface area (Å²) in [5.41, 5.74) is 1.31. The molecule has 0 bridgehead atoms. The molecular formula is C14H13O. The highest BCUT2D eigenvalue weighted by Crippen LogP contribution is 2.08. The molecular weight excluding hydrogens is 184 g/mol. The second-order valence-corrected chi connectivity index (χ2v) is 3.32. The van der Waals surface area contributed by atoms with Gasteiger partial charge in [-0.3, -0.25) is 0 Å². The quantitative estimate of drug-likeness (QED) is 0.731. The van der Waals surface area contributed by atoms with E-state index in [2.05, 4.69) is 18.2 Å². The van der Waals surface area contributed by atoms with Crippen LogP contribution in [0.3, 0.4) is 0 Å². The van der Waals surface area contributed by atoms with E-state index in [1.54, 1.807) is 0 Å². The van der Waals surface area contributed by atoms with Gasteiger partial charge in [0.15, 0.2) is 0 Å². The molecule has 0 spiro atoms. The lowest BCUT2D eigenvalue weighted by molar-refractivity contribution is 0.322. The molecule has 0 unspecified atom stereocenters. The van der Waals surface area contributed by atoms with Gasteiger partial charge < -0.3 is 4.74 Å². The molecule has 0 saturated carbocycles. The van der Waals surface area contributed by atoms with E-state index >= 15 is 0 Å². The number of benzene rings is 2. The second kappa shape index (κ2) is 5.20. The van der Waals surface area contributed by atoms with Gasteiger partial charge in [0.05, 0.1) is 6.61 Å². The molecule has 0 aliphatic rings. The van der Waals surface area contributed by atoms with Crippen molar-refractivity contribution in [2.24, 2.45) is 0 Å². The Kier molecular flexibility index (Phi) is 3.39. The van der Waals surface area contributed by atoms with Crippen molar-refractivity contribution in [2.75, 3.05) is 6.61 Å². The van der Waals surface area contributed by atoms with Crippen molar-refractivity contribution in [1.29, 1.82) is 0 Å². The largest absolute Gasteiger partial charge is 0.493 e. The first-order valence-electron chi connectivity index (χ1n) is 5.08. The topological polar surface area (TPSA) is 9.23 Å². The molecule has 0 aliphatic carbocycles. The first-order chi connectivity index (χ1) is 7.45. The zero-order valence-electron chi connectivity index (χ0n) is 8.52. The van der Waals surface area contributed by atoms with Crippen molar-refractivity contribution in [3.8, 4) is 5.75 Å². The molecule has 0 aromatic heterocycles. The van der Waals surface area contributed by atoms with Crippen LogP contribution in [0.2, 0.25) is 0 Å². The molecule has 0 saturated heterocycles. The van der Waals surface area contributed by atoms with Gasteiger partial charge in [-0.05, 0) is 23.8 Å². The summed E-state index contributed by atoms with van der Waals surface area (Å²) in [5, 5.41) is 0. The van der Waals surface area contributed by atoms with Crippen molar-refractivity contribution in [3.05, 3.63) is 66.2 Å². The summed E-state index contributed by atoms with van der Waals surface area (Å²) in [6, 6.07) is 20.9. The minimum absolute atomic E-state index is 0.716. The van der Waals surface area contributed by atoms with Crippen LogP contribution in [0, 0.1) is 6.07 Å². The fourth-order valence-corrected chi connectivity index (χ4v) is 1.40. The van der Waals surface area contributed by atoms with E-state index in [0.717, 1.165) is 12.2 Å². The predicted octanol–water partition coefficient (Wildman–Crippen LogP) is 3.11. The van der Waals surface area contributed by atoms with Gasteiger partial charge in [-0.25, -0.2) is 0 Å². The van der Waals surface area contributed by atoms with E-state index in [4.69, 9.17) is 4.74 Å². The Labute approximate surface area is 90.3 Å². The monoisotopic (exact) mass is 197 g/mol. The number of hydrogen-bond acceptors (Lipinski definition) is 1. The third-order valence-electron chi connectivity index (χ3n) is 2.19. The minimum atomic E-state index is 0.716. The Bertz CT molecular complexity index is 341. The molecule has 2 rings (SSSR count). The molecule has 1 nitrogen and oxygen atoms in total. The van der Waals surface area contributed by atoms with Gasteiger partial charge in [0.2, 0.25) is 0 Å². The smallest absolute Gasteiger partial charge is 0.119 e. The lowest BCUT2D eigenvalue weighted by atomic mass is 10.2. The lowest BCUT2D eigenvalue weighted by Crippen LogP contribution is -2.00. The van der Waals surface area contributed by atoms with E-state index < -0.39 is 0 Å². The Balaban J connectivity index is 1.81. The third kappa shape index (κ3) is 3.13. The van der Waals surface area contributed by atoms with Crippen molar-refractivity contribution in [3.63, 3.8) is 0 Å². The summed E-state index contributed by atoms with van der Waals surface area (Å²) in [7, 11) is 0. The van der Waals surface area contributed by atoms with Crippen molar-refractivity contribution in [1.82, 2.24) is 0 Å². The van der Waals surface area contributed by atoms with Gasteiger partial charge in [0.25, 0.3) is 0 Å². The van der Waals surface area contributed by atoms with Gasteiger partial charge in [-0.1, -0.05) is 42.5 Å². The minimum Gasteiger partial charge on any atom is -0.493 e. The predicted molar refractivity (Wildman–Crippen MR) is 60.9 cm³/mol. The first-order valence-corrected chi connectivity index (χ1v) is 5.08. The highest BCUT2D eigenvalue weighted by Gasteiger charge is 1.93. The van der Waals surface area contributed by atoms with Gasteiger partial charge in [-0.15, -0.1) is 0 Å². The molecule has 0 amide bonds. The summed E-state index contributed by atoms with van der Waals surface area (Å²) >= 11 is 0.